The topological polar surface area (TPSA) is 71.6 Å². The van der Waals surface area contributed by atoms with E-state index >= 15 is 0 Å². The van der Waals surface area contributed by atoms with Crippen LogP contribution in [0.3, 0.4) is 0 Å². The van der Waals surface area contributed by atoms with Crippen molar-refractivity contribution in [1.29, 1.82) is 0 Å². The summed E-state index contributed by atoms with van der Waals surface area (Å²) in [6.45, 7) is 8.74. The summed E-state index contributed by atoms with van der Waals surface area (Å²) in [6, 6.07) is -0.906. The van der Waals surface area contributed by atoms with Crippen LogP contribution in [0.15, 0.2) is 10.1 Å². The quantitative estimate of drug-likeness (QED) is 0.682. The number of carbonyl (C=O) groups is 2. The molecule has 3 aliphatic heterocycles. The Labute approximate surface area is 129 Å². The number of aliphatic imine (C=N–C) groups is 1. The molecule has 2 atom stereocenters. The molecular weight excluding hydrogens is 284 g/mol. The van der Waals surface area contributed by atoms with Crippen molar-refractivity contribution in [2.75, 3.05) is 20.1 Å². The summed E-state index contributed by atoms with van der Waals surface area (Å²) < 4.78 is 1.97. The fourth-order valence-corrected chi connectivity index (χ4v) is 3.08. The second-order valence-electron chi connectivity index (χ2n) is 5.64. The van der Waals surface area contributed by atoms with Gasteiger partial charge in [-0.05, 0) is 27.7 Å². The molecule has 0 N–H and O–H groups in total. The van der Waals surface area contributed by atoms with E-state index in [0.717, 1.165) is 5.71 Å². The van der Waals surface area contributed by atoms with Crippen molar-refractivity contribution in [3.63, 3.8) is 0 Å². The highest BCUT2D eigenvalue weighted by atomic mass is 16.2. The minimum atomic E-state index is -0.549. The van der Waals surface area contributed by atoms with Crippen LogP contribution in [0.25, 0.3) is 0 Å². The average Bonchev–Trinajstić information content (AvgIpc) is 2.90. The van der Waals surface area contributed by atoms with E-state index in [-0.39, 0.29) is 18.0 Å². The molecule has 1 fully saturated rings. The first-order chi connectivity index (χ1) is 10.4. The summed E-state index contributed by atoms with van der Waals surface area (Å²) in [4.78, 5) is 32.4. The van der Waals surface area contributed by atoms with Crippen molar-refractivity contribution in [2.45, 2.75) is 39.8 Å². The predicted molar refractivity (Wildman–Crippen MR) is 82.0 cm³/mol. The average molecular weight is 305 g/mol. The number of urea groups is 1. The van der Waals surface area contributed by atoms with Gasteiger partial charge in [-0.25, -0.2) is 9.37 Å². The van der Waals surface area contributed by atoms with Crippen LogP contribution in [0.4, 0.5) is 4.79 Å². The van der Waals surface area contributed by atoms with Crippen molar-refractivity contribution >= 4 is 29.4 Å². The lowest BCUT2D eigenvalue weighted by Gasteiger charge is -2.35. The Balaban J connectivity index is 2.11. The minimum absolute atomic E-state index is 0.0340. The van der Waals surface area contributed by atoms with Gasteiger partial charge in [-0.15, -0.1) is 10.1 Å². The predicted octanol–water partition coefficient (Wildman–Crippen LogP) is 0.149. The summed E-state index contributed by atoms with van der Waals surface area (Å²) in [7, 11) is 1.66. The highest BCUT2D eigenvalue weighted by molar-refractivity contribution is 6.23. The summed E-state index contributed by atoms with van der Waals surface area (Å²) in [5, 5.41) is 6.31. The maximum Gasteiger partial charge on any atom is 0.416 e. The van der Waals surface area contributed by atoms with Crippen molar-refractivity contribution < 1.29 is 14.2 Å². The number of imide groups is 1. The third-order valence-electron chi connectivity index (χ3n) is 4.48. The highest BCUT2D eigenvalue weighted by Gasteiger charge is 2.55. The van der Waals surface area contributed by atoms with Gasteiger partial charge in [0.15, 0.2) is 0 Å². The Morgan fingerprint density at radius 2 is 1.91 bits per heavy atom. The fourth-order valence-electron chi connectivity index (χ4n) is 3.08. The van der Waals surface area contributed by atoms with Crippen LogP contribution in [-0.4, -0.2) is 81.1 Å². The van der Waals surface area contributed by atoms with E-state index in [0.29, 0.717) is 24.9 Å². The molecule has 3 aliphatic rings. The Bertz CT molecular complexity index is 650. The van der Waals surface area contributed by atoms with Gasteiger partial charge < -0.3 is 0 Å². The molecule has 1 saturated heterocycles. The SMILES string of the molecule is CCN1N=C(C)C(C)[N+]2=C1N=C1C2C(=O)N(CC)C(=O)N1C. The van der Waals surface area contributed by atoms with Crippen molar-refractivity contribution in [1.82, 2.24) is 14.8 Å². The van der Waals surface area contributed by atoms with Gasteiger partial charge >= 0.3 is 12.0 Å². The molecule has 22 heavy (non-hydrogen) atoms. The zero-order chi connectivity index (χ0) is 16.2. The summed E-state index contributed by atoms with van der Waals surface area (Å²) >= 11 is 0. The number of likely N-dealkylation sites (N-methyl/N-ethyl adjacent to an activating group) is 2. The van der Waals surface area contributed by atoms with E-state index in [2.05, 4.69) is 10.1 Å². The van der Waals surface area contributed by atoms with Crippen LogP contribution in [0.5, 0.6) is 0 Å². The molecule has 118 valence electrons. The Morgan fingerprint density at radius 3 is 2.50 bits per heavy atom. The first kappa shape index (κ1) is 14.7. The van der Waals surface area contributed by atoms with Crippen LogP contribution in [-0.2, 0) is 4.79 Å². The fraction of sp³-hybridized carbons (Fsp3) is 0.643. The van der Waals surface area contributed by atoms with Crippen molar-refractivity contribution in [3.8, 4) is 0 Å². The minimum Gasteiger partial charge on any atom is -0.270 e. The second-order valence-corrected chi connectivity index (χ2v) is 5.64. The number of nitrogens with zero attached hydrogens (tertiary/aromatic N) is 6. The van der Waals surface area contributed by atoms with Crippen molar-refractivity contribution in [3.05, 3.63) is 0 Å². The van der Waals surface area contributed by atoms with Gasteiger partial charge in [0.25, 0.3) is 5.91 Å². The van der Waals surface area contributed by atoms with Gasteiger partial charge in [0.1, 0.15) is 6.04 Å². The zero-order valence-corrected chi connectivity index (χ0v) is 13.6. The molecule has 0 bridgehead atoms. The molecule has 0 spiro atoms. The standard InChI is InChI=1S/C14H21N6O2/c1-6-18-12(21)10-11(17(5)14(18)22)15-13-19(7-2)16-8(3)9(4)20(10)13/h9-10H,6-7H2,1-5H3/q+1. The van der Waals surface area contributed by atoms with Crippen LogP contribution < -0.4 is 0 Å². The molecule has 0 aromatic rings. The van der Waals surface area contributed by atoms with Crippen molar-refractivity contribution in [2.24, 2.45) is 10.1 Å². The van der Waals surface area contributed by atoms with Crippen LogP contribution in [0, 0.1) is 0 Å². The van der Waals surface area contributed by atoms with Gasteiger partial charge in [0.05, 0.1) is 12.3 Å². The second kappa shape index (κ2) is 4.89. The highest BCUT2D eigenvalue weighted by Crippen LogP contribution is 2.24. The lowest BCUT2D eigenvalue weighted by molar-refractivity contribution is -0.559. The molecule has 3 rings (SSSR count). The molecule has 8 heteroatoms. The number of hydrazone groups is 1. The normalized spacial score (nSPS) is 28.0. The summed E-state index contributed by atoms with van der Waals surface area (Å²) in [6.07, 6.45) is 0. The van der Waals surface area contributed by atoms with Gasteiger partial charge in [0, 0.05) is 13.6 Å². The molecule has 0 saturated carbocycles. The summed E-state index contributed by atoms with van der Waals surface area (Å²) in [5.41, 5.74) is 0.928. The maximum atomic E-state index is 12.8. The molecule has 3 heterocycles. The molecule has 3 amide bonds. The third kappa shape index (κ3) is 1.72. The van der Waals surface area contributed by atoms with Crippen LogP contribution in [0.1, 0.15) is 27.7 Å². The van der Waals surface area contributed by atoms with E-state index in [1.54, 1.807) is 19.0 Å². The summed E-state index contributed by atoms with van der Waals surface area (Å²) in [5.74, 6) is 0.924. The molecule has 0 aromatic heterocycles. The smallest absolute Gasteiger partial charge is 0.270 e. The number of amidine groups is 1. The van der Waals surface area contributed by atoms with Crippen LogP contribution >= 0.6 is 0 Å². The van der Waals surface area contributed by atoms with Gasteiger partial charge in [-0.1, -0.05) is 4.99 Å². The number of hydrogen-bond acceptors (Lipinski definition) is 5. The number of amides is 3. The number of hydrogen-bond donors (Lipinski definition) is 0. The van der Waals surface area contributed by atoms with E-state index in [1.165, 1.54) is 9.80 Å². The molecule has 0 aromatic carbocycles. The number of rotatable bonds is 2. The Hall–Kier alpha value is -2.25. The van der Waals surface area contributed by atoms with E-state index in [4.69, 9.17) is 0 Å². The lowest BCUT2D eigenvalue weighted by Crippen LogP contribution is -2.64. The van der Waals surface area contributed by atoms with Gasteiger partial charge in [0.2, 0.25) is 11.9 Å². The maximum absolute atomic E-state index is 12.8. The Kier molecular flexibility index (Phi) is 3.26. The number of guanidine groups is 1. The zero-order valence-electron chi connectivity index (χ0n) is 13.6. The molecule has 0 radical (unpaired) electrons. The first-order valence-electron chi connectivity index (χ1n) is 7.57. The van der Waals surface area contributed by atoms with E-state index < -0.39 is 6.04 Å². The number of carbonyl (C=O) groups excluding carboxylic acids is 2. The third-order valence-corrected chi connectivity index (χ3v) is 4.48. The number of fused-ring (bicyclic) bond motifs is 2. The van der Waals surface area contributed by atoms with Gasteiger partial charge in [-0.2, -0.15) is 0 Å². The van der Waals surface area contributed by atoms with Gasteiger partial charge in [-0.3, -0.25) is 14.6 Å². The van der Waals surface area contributed by atoms with Crippen LogP contribution in [0.2, 0.25) is 0 Å². The molecular formula is C14H21N6O2+. The Morgan fingerprint density at radius 1 is 1.23 bits per heavy atom. The first-order valence-corrected chi connectivity index (χ1v) is 7.57. The lowest BCUT2D eigenvalue weighted by atomic mass is 10.1. The monoisotopic (exact) mass is 305 g/mol. The van der Waals surface area contributed by atoms with E-state index in [9.17, 15) is 9.59 Å². The molecule has 0 aliphatic carbocycles. The molecule has 2 unspecified atom stereocenters. The largest absolute Gasteiger partial charge is 0.416 e. The molecule has 8 nitrogen and oxygen atoms in total. The van der Waals surface area contributed by atoms with E-state index in [1.807, 2.05) is 25.3 Å².